The lowest BCUT2D eigenvalue weighted by atomic mass is 10.2. The second kappa shape index (κ2) is 7.32. The minimum atomic E-state index is -3.12. The molecule has 1 fully saturated rings. The molecule has 1 aliphatic rings. The molecule has 0 aromatic heterocycles. The quantitative estimate of drug-likeness (QED) is 0.521. The molecule has 1 saturated heterocycles. The van der Waals surface area contributed by atoms with E-state index in [2.05, 4.69) is 16.6 Å². The van der Waals surface area contributed by atoms with Crippen molar-refractivity contribution >= 4 is 21.8 Å². The fourth-order valence-corrected chi connectivity index (χ4v) is 3.77. The molecule has 4 nitrogen and oxygen atoms in total. The number of thioether (sulfide) groups is 1. The Labute approximate surface area is 102 Å². The van der Waals surface area contributed by atoms with Crippen LogP contribution in [0.1, 0.15) is 12.8 Å². The van der Waals surface area contributed by atoms with Gasteiger partial charge in [0.15, 0.2) is 0 Å². The number of hydrogen-bond acceptors (Lipinski definition) is 4. The van der Waals surface area contributed by atoms with E-state index >= 15 is 0 Å². The van der Waals surface area contributed by atoms with E-state index in [1.54, 1.807) is 11.8 Å². The molecule has 0 aliphatic carbocycles. The van der Waals surface area contributed by atoms with E-state index in [9.17, 15) is 8.42 Å². The van der Waals surface area contributed by atoms with Gasteiger partial charge in [-0.25, -0.2) is 13.1 Å². The molecule has 0 saturated carbocycles. The van der Waals surface area contributed by atoms with Crippen molar-refractivity contribution in [2.24, 2.45) is 0 Å². The highest BCUT2D eigenvalue weighted by molar-refractivity contribution is 7.99. The summed E-state index contributed by atoms with van der Waals surface area (Å²) in [5, 5.41) is 2.86. The average molecular weight is 264 g/mol. The monoisotopic (exact) mass is 264 g/mol. The molecule has 1 aliphatic heterocycles. The van der Waals surface area contributed by atoms with Crippen LogP contribution < -0.4 is 10.0 Å². The summed E-state index contributed by atoms with van der Waals surface area (Å²) in [6.45, 7) is 5.63. The van der Waals surface area contributed by atoms with Gasteiger partial charge in [-0.3, -0.25) is 0 Å². The molecule has 0 aromatic carbocycles. The van der Waals surface area contributed by atoms with Crippen molar-refractivity contribution in [3.05, 3.63) is 12.7 Å². The van der Waals surface area contributed by atoms with Gasteiger partial charge in [-0.15, -0.1) is 6.58 Å². The molecular weight excluding hydrogens is 244 g/mol. The van der Waals surface area contributed by atoms with E-state index in [-0.39, 0.29) is 5.25 Å². The van der Waals surface area contributed by atoms with Gasteiger partial charge in [-0.1, -0.05) is 6.08 Å². The van der Waals surface area contributed by atoms with E-state index < -0.39 is 10.0 Å². The standard InChI is InChI=1S/C10H20N2O2S2/c1-2-7-15-8-6-12-16(13,14)10-4-3-5-11-9-10/h2,10-12H,1,3-9H2. The zero-order valence-corrected chi connectivity index (χ0v) is 11.1. The Hall–Kier alpha value is -0.0400. The lowest BCUT2D eigenvalue weighted by molar-refractivity contribution is 0.491. The summed E-state index contributed by atoms with van der Waals surface area (Å²) in [5.41, 5.74) is 0. The Bertz CT molecular complexity index is 298. The zero-order valence-electron chi connectivity index (χ0n) is 9.44. The summed E-state index contributed by atoms with van der Waals surface area (Å²) < 4.78 is 26.3. The minimum absolute atomic E-state index is 0.259. The summed E-state index contributed by atoms with van der Waals surface area (Å²) in [5.74, 6) is 1.66. The Morgan fingerprint density at radius 1 is 1.56 bits per heavy atom. The Morgan fingerprint density at radius 2 is 2.38 bits per heavy atom. The van der Waals surface area contributed by atoms with E-state index in [4.69, 9.17) is 0 Å². The highest BCUT2D eigenvalue weighted by atomic mass is 32.2. The van der Waals surface area contributed by atoms with Crippen LogP contribution in [0.25, 0.3) is 0 Å². The minimum Gasteiger partial charge on any atom is -0.315 e. The number of rotatable bonds is 7. The maximum Gasteiger partial charge on any atom is 0.215 e. The van der Waals surface area contributed by atoms with Crippen molar-refractivity contribution in [2.75, 3.05) is 31.1 Å². The Balaban J connectivity index is 2.25. The maximum atomic E-state index is 11.8. The molecule has 0 radical (unpaired) electrons. The van der Waals surface area contributed by atoms with Crippen LogP contribution in [0.15, 0.2) is 12.7 Å². The normalized spacial score (nSPS) is 21.9. The first kappa shape index (κ1) is 14.0. The average Bonchev–Trinajstić information content (AvgIpc) is 2.30. The molecular formula is C10H20N2O2S2. The SMILES string of the molecule is C=CCSCCNS(=O)(=O)C1CCCNC1. The van der Waals surface area contributed by atoms with Crippen molar-refractivity contribution < 1.29 is 8.42 Å². The number of hydrogen-bond donors (Lipinski definition) is 2. The topological polar surface area (TPSA) is 58.2 Å². The molecule has 0 amide bonds. The second-order valence-electron chi connectivity index (χ2n) is 3.77. The van der Waals surface area contributed by atoms with Crippen LogP contribution in [0.4, 0.5) is 0 Å². The highest BCUT2D eigenvalue weighted by Crippen LogP contribution is 2.10. The Morgan fingerprint density at radius 3 is 3.00 bits per heavy atom. The maximum absolute atomic E-state index is 11.8. The van der Waals surface area contributed by atoms with Gasteiger partial charge in [-0.2, -0.15) is 11.8 Å². The molecule has 2 N–H and O–H groups in total. The fraction of sp³-hybridized carbons (Fsp3) is 0.800. The summed E-state index contributed by atoms with van der Waals surface area (Å²) in [7, 11) is -3.12. The van der Waals surface area contributed by atoms with Crippen LogP contribution in [-0.4, -0.2) is 44.8 Å². The number of nitrogens with one attached hydrogen (secondary N) is 2. The van der Waals surface area contributed by atoms with Crippen LogP contribution in [0.5, 0.6) is 0 Å². The molecule has 1 heterocycles. The van der Waals surface area contributed by atoms with Crippen molar-refractivity contribution in [1.29, 1.82) is 0 Å². The predicted molar refractivity (Wildman–Crippen MR) is 70.3 cm³/mol. The van der Waals surface area contributed by atoms with Gasteiger partial charge in [-0.05, 0) is 19.4 Å². The molecule has 0 aromatic rings. The molecule has 0 spiro atoms. The largest absolute Gasteiger partial charge is 0.315 e. The van der Waals surface area contributed by atoms with Crippen molar-refractivity contribution in [3.8, 4) is 0 Å². The number of piperidine rings is 1. The molecule has 0 bridgehead atoms. The molecule has 1 unspecified atom stereocenters. The van der Waals surface area contributed by atoms with Crippen molar-refractivity contribution in [3.63, 3.8) is 0 Å². The van der Waals surface area contributed by atoms with Gasteiger partial charge >= 0.3 is 0 Å². The first-order valence-electron chi connectivity index (χ1n) is 5.54. The summed E-state index contributed by atoms with van der Waals surface area (Å²) >= 11 is 1.68. The lowest BCUT2D eigenvalue weighted by Gasteiger charge is -2.22. The van der Waals surface area contributed by atoms with E-state index in [1.165, 1.54) is 0 Å². The molecule has 6 heteroatoms. The van der Waals surface area contributed by atoms with E-state index in [0.717, 1.165) is 30.9 Å². The van der Waals surface area contributed by atoms with Crippen LogP contribution in [-0.2, 0) is 10.0 Å². The summed E-state index contributed by atoms with van der Waals surface area (Å²) in [6, 6.07) is 0. The smallest absolute Gasteiger partial charge is 0.215 e. The molecule has 94 valence electrons. The predicted octanol–water partition coefficient (Wildman–Crippen LogP) is 0.577. The van der Waals surface area contributed by atoms with Gasteiger partial charge in [0.2, 0.25) is 10.0 Å². The van der Waals surface area contributed by atoms with Crippen molar-refractivity contribution in [2.45, 2.75) is 18.1 Å². The van der Waals surface area contributed by atoms with Crippen LogP contribution in [0, 0.1) is 0 Å². The molecule has 16 heavy (non-hydrogen) atoms. The molecule has 1 rings (SSSR count). The first-order valence-corrected chi connectivity index (χ1v) is 8.25. The van der Waals surface area contributed by atoms with Gasteiger partial charge in [0, 0.05) is 24.6 Å². The van der Waals surface area contributed by atoms with Gasteiger partial charge < -0.3 is 5.32 Å². The zero-order chi connectivity index (χ0) is 11.9. The third-order valence-corrected chi connectivity index (χ3v) is 5.33. The summed E-state index contributed by atoms with van der Waals surface area (Å²) in [6.07, 6.45) is 3.53. The molecule has 1 atom stereocenters. The highest BCUT2D eigenvalue weighted by Gasteiger charge is 2.26. The van der Waals surface area contributed by atoms with Gasteiger partial charge in [0.25, 0.3) is 0 Å². The third kappa shape index (κ3) is 4.86. The van der Waals surface area contributed by atoms with Gasteiger partial charge in [0.1, 0.15) is 0 Å². The number of sulfonamides is 1. The van der Waals surface area contributed by atoms with Crippen LogP contribution in [0.2, 0.25) is 0 Å². The van der Waals surface area contributed by atoms with Crippen LogP contribution in [0.3, 0.4) is 0 Å². The first-order chi connectivity index (χ1) is 7.67. The van der Waals surface area contributed by atoms with Crippen LogP contribution >= 0.6 is 11.8 Å². The van der Waals surface area contributed by atoms with E-state index in [0.29, 0.717) is 13.1 Å². The second-order valence-corrected chi connectivity index (χ2v) is 6.97. The van der Waals surface area contributed by atoms with E-state index in [1.807, 2.05) is 6.08 Å². The Kier molecular flexibility index (Phi) is 6.41. The van der Waals surface area contributed by atoms with Crippen molar-refractivity contribution in [1.82, 2.24) is 10.0 Å². The third-order valence-electron chi connectivity index (χ3n) is 2.48. The fourth-order valence-electron chi connectivity index (χ4n) is 1.63. The summed E-state index contributed by atoms with van der Waals surface area (Å²) in [4.78, 5) is 0. The van der Waals surface area contributed by atoms with Gasteiger partial charge in [0.05, 0.1) is 5.25 Å². The lowest BCUT2D eigenvalue weighted by Crippen LogP contribution is -2.44.